The van der Waals surface area contributed by atoms with Crippen molar-refractivity contribution in [3.8, 4) is 0 Å². The lowest BCUT2D eigenvalue weighted by molar-refractivity contribution is 0.168. The first-order valence-corrected chi connectivity index (χ1v) is 8.12. The molecule has 6 heteroatoms. The van der Waals surface area contributed by atoms with Gasteiger partial charge in [0.25, 0.3) is 0 Å². The highest BCUT2D eigenvalue weighted by molar-refractivity contribution is 7.89. The average Bonchev–Trinajstić information content (AvgIpc) is 2.50. The first-order chi connectivity index (χ1) is 10.1. The SMILES string of the molecule is COCCN(CCO)S(=O)(=O)c1ccc2ccccc2c1. The minimum Gasteiger partial charge on any atom is -0.395 e. The molecule has 114 valence electrons. The fourth-order valence-corrected chi connectivity index (χ4v) is 3.58. The van der Waals surface area contributed by atoms with Crippen molar-refractivity contribution in [3.63, 3.8) is 0 Å². The van der Waals surface area contributed by atoms with Crippen molar-refractivity contribution in [2.45, 2.75) is 4.90 Å². The molecule has 0 amide bonds. The third kappa shape index (κ3) is 3.59. The fraction of sp³-hybridized carbons (Fsp3) is 0.333. The average molecular weight is 309 g/mol. The minimum absolute atomic E-state index is 0.0541. The van der Waals surface area contributed by atoms with Crippen LogP contribution in [0.5, 0.6) is 0 Å². The zero-order valence-corrected chi connectivity index (χ0v) is 12.7. The van der Waals surface area contributed by atoms with Crippen LogP contribution in [0, 0.1) is 0 Å². The molecule has 0 bridgehead atoms. The molecule has 0 fully saturated rings. The second-order valence-electron chi connectivity index (χ2n) is 4.63. The lowest BCUT2D eigenvalue weighted by Crippen LogP contribution is -2.36. The van der Waals surface area contributed by atoms with Gasteiger partial charge < -0.3 is 9.84 Å². The number of sulfonamides is 1. The molecular weight excluding hydrogens is 290 g/mol. The molecule has 0 aliphatic carbocycles. The minimum atomic E-state index is -3.63. The van der Waals surface area contributed by atoms with Crippen LogP contribution in [0.2, 0.25) is 0 Å². The molecule has 0 aromatic heterocycles. The van der Waals surface area contributed by atoms with E-state index in [2.05, 4.69) is 0 Å². The van der Waals surface area contributed by atoms with Gasteiger partial charge in [-0.2, -0.15) is 4.31 Å². The van der Waals surface area contributed by atoms with E-state index in [-0.39, 0.29) is 31.2 Å². The number of nitrogens with zero attached hydrogens (tertiary/aromatic N) is 1. The molecule has 1 N–H and O–H groups in total. The number of benzene rings is 2. The Morgan fingerprint density at radius 3 is 2.48 bits per heavy atom. The van der Waals surface area contributed by atoms with Crippen LogP contribution in [0.25, 0.3) is 10.8 Å². The molecule has 2 rings (SSSR count). The van der Waals surface area contributed by atoms with Gasteiger partial charge in [0.1, 0.15) is 0 Å². The summed E-state index contributed by atoms with van der Waals surface area (Å²) in [6.07, 6.45) is 0. The summed E-state index contributed by atoms with van der Waals surface area (Å²) in [7, 11) is -2.12. The summed E-state index contributed by atoms with van der Waals surface area (Å²) in [5.74, 6) is 0. The van der Waals surface area contributed by atoms with Gasteiger partial charge in [-0.05, 0) is 22.9 Å². The van der Waals surface area contributed by atoms with Gasteiger partial charge in [0, 0.05) is 20.2 Å². The number of aliphatic hydroxyl groups is 1. The second kappa shape index (κ2) is 7.00. The third-order valence-corrected chi connectivity index (χ3v) is 5.15. The zero-order chi connectivity index (χ0) is 15.3. The molecule has 0 unspecified atom stereocenters. The highest BCUT2D eigenvalue weighted by atomic mass is 32.2. The van der Waals surface area contributed by atoms with E-state index < -0.39 is 10.0 Å². The number of aliphatic hydroxyl groups excluding tert-OH is 1. The van der Waals surface area contributed by atoms with Crippen molar-refractivity contribution in [3.05, 3.63) is 42.5 Å². The monoisotopic (exact) mass is 309 g/mol. The topological polar surface area (TPSA) is 66.8 Å². The Morgan fingerprint density at radius 1 is 1.10 bits per heavy atom. The smallest absolute Gasteiger partial charge is 0.243 e. The first-order valence-electron chi connectivity index (χ1n) is 6.68. The van der Waals surface area contributed by atoms with Crippen LogP contribution in [-0.2, 0) is 14.8 Å². The van der Waals surface area contributed by atoms with Crippen molar-refractivity contribution < 1.29 is 18.3 Å². The van der Waals surface area contributed by atoms with E-state index >= 15 is 0 Å². The molecule has 0 aliphatic rings. The van der Waals surface area contributed by atoms with E-state index in [1.165, 1.54) is 11.4 Å². The first kappa shape index (κ1) is 15.9. The van der Waals surface area contributed by atoms with Gasteiger partial charge in [-0.15, -0.1) is 0 Å². The van der Waals surface area contributed by atoms with Crippen LogP contribution in [0.3, 0.4) is 0 Å². The molecule has 0 radical (unpaired) electrons. The van der Waals surface area contributed by atoms with Crippen LogP contribution in [0.4, 0.5) is 0 Å². The summed E-state index contributed by atoms with van der Waals surface area (Å²) in [4.78, 5) is 0.228. The quantitative estimate of drug-likeness (QED) is 0.841. The van der Waals surface area contributed by atoms with Gasteiger partial charge in [-0.25, -0.2) is 8.42 Å². The van der Waals surface area contributed by atoms with E-state index in [9.17, 15) is 8.42 Å². The van der Waals surface area contributed by atoms with Gasteiger partial charge in [0.15, 0.2) is 0 Å². The molecular formula is C15H19NO4S. The molecule has 5 nitrogen and oxygen atoms in total. The Hall–Kier alpha value is -1.47. The van der Waals surface area contributed by atoms with Gasteiger partial charge in [-0.3, -0.25) is 0 Å². The highest BCUT2D eigenvalue weighted by Crippen LogP contribution is 2.21. The lowest BCUT2D eigenvalue weighted by Gasteiger charge is -2.21. The van der Waals surface area contributed by atoms with Gasteiger partial charge >= 0.3 is 0 Å². The lowest BCUT2D eigenvalue weighted by atomic mass is 10.1. The fourth-order valence-electron chi connectivity index (χ4n) is 2.13. The Morgan fingerprint density at radius 2 is 1.81 bits per heavy atom. The van der Waals surface area contributed by atoms with Crippen molar-refractivity contribution in [1.82, 2.24) is 4.31 Å². The summed E-state index contributed by atoms with van der Waals surface area (Å²) in [5, 5.41) is 10.9. The van der Waals surface area contributed by atoms with Crippen LogP contribution < -0.4 is 0 Å². The van der Waals surface area contributed by atoms with Gasteiger partial charge in [-0.1, -0.05) is 30.3 Å². The number of ether oxygens (including phenoxy) is 1. The predicted octanol–water partition coefficient (Wildman–Crippen LogP) is 1.47. The summed E-state index contributed by atoms with van der Waals surface area (Å²) in [5.41, 5.74) is 0. The Bertz CT molecular complexity index is 700. The van der Waals surface area contributed by atoms with Gasteiger partial charge in [0.2, 0.25) is 10.0 Å². The summed E-state index contributed by atoms with van der Waals surface area (Å²) < 4.78 is 31.4. The zero-order valence-electron chi connectivity index (χ0n) is 11.9. The van der Waals surface area contributed by atoms with E-state index in [4.69, 9.17) is 9.84 Å². The molecule has 0 spiro atoms. The van der Waals surface area contributed by atoms with Crippen LogP contribution >= 0.6 is 0 Å². The number of rotatable bonds is 7. The van der Waals surface area contributed by atoms with E-state index in [1.807, 2.05) is 24.3 Å². The van der Waals surface area contributed by atoms with Crippen molar-refractivity contribution >= 4 is 20.8 Å². The van der Waals surface area contributed by atoms with Crippen LogP contribution in [0.15, 0.2) is 47.4 Å². The molecule has 0 heterocycles. The third-order valence-electron chi connectivity index (χ3n) is 3.25. The Labute approximate surface area is 124 Å². The molecule has 0 atom stereocenters. The molecule has 0 aliphatic heterocycles. The van der Waals surface area contributed by atoms with E-state index in [1.54, 1.807) is 18.2 Å². The molecule has 2 aromatic carbocycles. The normalized spacial score (nSPS) is 12.1. The number of methoxy groups -OCH3 is 1. The van der Waals surface area contributed by atoms with Gasteiger partial charge in [0.05, 0.1) is 18.1 Å². The summed E-state index contributed by atoms with van der Waals surface area (Å²) in [6, 6.07) is 12.6. The maximum atomic E-state index is 12.6. The Balaban J connectivity index is 2.38. The van der Waals surface area contributed by atoms with Crippen molar-refractivity contribution in [1.29, 1.82) is 0 Å². The molecule has 21 heavy (non-hydrogen) atoms. The predicted molar refractivity (Wildman–Crippen MR) is 81.7 cm³/mol. The van der Waals surface area contributed by atoms with Crippen LogP contribution in [0.1, 0.15) is 0 Å². The molecule has 0 saturated heterocycles. The summed E-state index contributed by atoms with van der Waals surface area (Å²) in [6.45, 7) is 0.327. The number of fused-ring (bicyclic) bond motifs is 1. The number of hydrogen-bond donors (Lipinski definition) is 1. The molecule has 0 saturated carbocycles. The van der Waals surface area contributed by atoms with Crippen LogP contribution in [-0.4, -0.2) is 51.2 Å². The maximum Gasteiger partial charge on any atom is 0.243 e. The number of hydrogen-bond acceptors (Lipinski definition) is 4. The van der Waals surface area contributed by atoms with E-state index in [0.717, 1.165) is 10.8 Å². The highest BCUT2D eigenvalue weighted by Gasteiger charge is 2.23. The van der Waals surface area contributed by atoms with Crippen molar-refractivity contribution in [2.24, 2.45) is 0 Å². The second-order valence-corrected chi connectivity index (χ2v) is 6.57. The standard InChI is InChI=1S/C15H19NO4S/c1-20-11-9-16(8-10-17)21(18,19)15-7-6-13-4-2-3-5-14(13)12-15/h2-7,12,17H,8-11H2,1H3. The molecule has 2 aromatic rings. The van der Waals surface area contributed by atoms with Crippen molar-refractivity contribution in [2.75, 3.05) is 33.4 Å². The maximum absolute atomic E-state index is 12.6. The largest absolute Gasteiger partial charge is 0.395 e. The van der Waals surface area contributed by atoms with E-state index in [0.29, 0.717) is 0 Å². The Kier molecular flexibility index (Phi) is 5.30. The summed E-state index contributed by atoms with van der Waals surface area (Å²) >= 11 is 0.